The van der Waals surface area contributed by atoms with Crippen LogP contribution in [-0.2, 0) is 16.1 Å². The number of hydrogen-bond donors (Lipinski definition) is 2. The van der Waals surface area contributed by atoms with Gasteiger partial charge in [0.25, 0.3) is 5.91 Å². The second-order valence-corrected chi connectivity index (χ2v) is 5.76. The highest BCUT2D eigenvalue weighted by molar-refractivity contribution is 7.09. The Kier molecular flexibility index (Phi) is 5.59. The fraction of sp³-hybridized carbons (Fsp3) is 0.250. The van der Waals surface area contributed by atoms with E-state index in [1.165, 1.54) is 43.6 Å². The van der Waals surface area contributed by atoms with Crippen molar-refractivity contribution in [2.24, 2.45) is 0 Å². The minimum atomic E-state index is -0.979. The molecule has 0 saturated carbocycles. The quantitative estimate of drug-likeness (QED) is 0.792. The Hall–Kier alpha value is -2.54. The molecule has 2 rings (SSSR count). The van der Waals surface area contributed by atoms with Gasteiger partial charge in [0.05, 0.1) is 13.7 Å². The molecule has 1 atom stereocenters. The van der Waals surface area contributed by atoms with Gasteiger partial charge in [-0.25, -0.2) is 4.79 Å². The molecule has 1 amide bonds. The number of amides is 1. The standard InChI is InChI=1S/C16H17NO5S/c1-10(15(19)17-9-12-4-3-7-23-12)22-16(20)13-8-11(21-2)5-6-14(13)18/h3-8,10,18H,9H2,1-2H3,(H,17,19)/t10-/m1/s1. The summed E-state index contributed by atoms with van der Waals surface area (Å²) in [6.45, 7) is 1.85. The third-order valence-corrected chi connectivity index (χ3v) is 3.97. The van der Waals surface area contributed by atoms with Gasteiger partial charge in [0, 0.05) is 4.88 Å². The summed E-state index contributed by atoms with van der Waals surface area (Å²) in [5, 5.41) is 14.3. The van der Waals surface area contributed by atoms with Crippen LogP contribution in [-0.4, -0.2) is 30.2 Å². The molecule has 0 unspecified atom stereocenters. The van der Waals surface area contributed by atoms with Gasteiger partial charge in [-0.05, 0) is 36.6 Å². The SMILES string of the molecule is COc1ccc(O)c(C(=O)O[C@H](C)C(=O)NCc2cccs2)c1. The third kappa shape index (κ3) is 4.46. The number of esters is 1. The molecule has 0 aliphatic rings. The Morgan fingerprint density at radius 3 is 2.78 bits per heavy atom. The maximum Gasteiger partial charge on any atom is 0.342 e. The van der Waals surface area contributed by atoms with Crippen LogP contribution >= 0.6 is 11.3 Å². The molecule has 7 heteroatoms. The van der Waals surface area contributed by atoms with Crippen molar-refractivity contribution >= 4 is 23.2 Å². The monoisotopic (exact) mass is 335 g/mol. The molecule has 2 N–H and O–H groups in total. The number of methoxy groups -OCH3 is 1. The Balaban J connectivity index is 1.94. The van der Waals surface area contributed by atoms with Crippen molar-refractivity contribution in [3.8, 4) is 11.5 Å². The minimum Gasteiger partial charge on any atom is -0.507 e. The van der Waals surface area contributed by atoms with Gasteiger partial charge >= 0.3 is 5.97 Å². The van der Waals surface area contributed by atoms with Gasteiger partial charge in [0.2, 0.25) is 0 Å². The molecule has 23 heavy (non-hydrogen) atoms. The fourth-order valence-electron chi connectivity index (χ4n) is 1.81. The lowest BCUT2D eigenvalue weighted by Gasteiger charge is -2.14. The van der Waals surface area contributed by atoms with Crippen LogP contribution < -0.4 is 10.1 Å². The lowest BCUT2D eigenvalue weighted by Crippen LogP contribution is -2.35. The predicted octanol–water partition coefficient (Wildman–Crippen LogP) is 2.32. The number of ether oxygens (including phenoxy) is 2. The molecule has 0 saturated heterocycles. The van der Waals surface area contributed by atoms with Gasteiger partial charge in [-0.15, -0.1) is 11.3 Å². The molecule has 122 valence electrons. The number of aromatic hydroxyl groups is 1. The largest absolute Gasteiger partial charge is 0.507 e. The van der Waals surface area contributed by atoms with Crippen molar-refractivity contribution in [3.63, 3.8) is 0 Å². The van der Waals surface area contributed by atoms with Crippen molar-refractivity contribution in [1.29, 1.82) is 0 Å². The molecule has 1 aromatic carbocycles. The predicted molar refractivity (Wildman–Crippen MR) is 85.7 cm³/mol. The molecule has 1 aromatic heterocycles. The summed E-state index contributed by atoms with van der Waals surface area (Å²) in [6, 6.07) is 7.99. The van der Waals surface area contributed by atoms with Gasteiger partial charge in [-0.1, -0.05) is 6.07 Å². The summed E-state index contributed by atoms with van der Waals surface area (Å²) in [5.74, 6) is -1.03. The first-order valence-corrected chi connectivity index (χ1v) is 7.77. The van der Waals surface area contributed by atoms with E-state index in [1.54, 1.807) is 0 Å². The van der Waals surface area contributed by atoms with Crippen molar-refractivity contribution in [2.75, 3.05) is 7.11 Å². The average Bonchev–Trinajstić information content (AvgIpc) is 3.06. The van der Waals surface area contributed by atoms with E-state index in [2.05, 4.69) is 5.32 Å². The second kappa shape index (κ2) is 7.64. The number of rotatable bonds is 6. The molecule has 1 heterocycles. The molecular weight excluding hydrogens is 318 g/mol. The lowest BCUT2D eigenvalue weighted by atomic mass is 10.2. The molecule has 0 spiro atoms. The van der Waals surface area contributed by atoms with E-state index in [9.17, 15) is 14.7 Å². The van der Waals surface area contributed by atoms with Gasteiger partial charge in [-0.3, -0.25) is 4.79 Å². The molecule has 0 bridgehead atoms. The van der Waals surface area contributed by atoms with Gasteiger partial charge < -0.3 is 19.9 Å². The normalized spacial score (nSPS) is 11.6. The zero-order chi connectivity index (χ0) is 16.8. The number of benzene rings is 1. The van der Waals surface area contributed by atoms with E-state index < -0.39 is 18.0 Å². The topological polar surface area (TPSA) is 84.9 Å². The average molecular weight is 335 g/mol. The summed E-state index contributed by atoms with van der Waals surface area (Å²) in [4.78, 5) is 25.0. The zero-order valence-electron chi connectivity index (χ0n) is 12.7. The van der Waals surface area contributed by atoms with E-state index in [0.717, 1.165) is 4.88 Å². The third-order valence-electron chi connectivity index (χ3n) is 3.09. The van der Waals surface area contributed by atoms with Crippen molar-refractivity contribution in [2.45, 2.75) is 19.6 Å². The highest BCUT2D eigenvalue weighted by atomic mass is 32.1. The minimum absolute atomic E-state index is 0.0535. The summed E-state index contributed by atoms with van der Waals surface area (Å²) in [5.41, 5.74) is -0.0535. The van der Waals surface area contributed by atoms with Crippen LogP contribution in [0.3, 0.4) is 0 Å². The Morgan fingerprint density at radius 1 is 1.35 bits per heavy atom. The number of phenols is 1. The number of phenolic OH excluding ortho intramolecular Hbond substituents is 1. The fourth-order valence-corrected chi connectivity index (χ4v) is 2.46. The van der Waals surface area contributed by atoms with Gasteiger partial charge in [0.1, 0.15) is 17.1 Å². The second-order valence-electron chi connectivity index (χ2n) is 4.73. The van der Waals surface area contributed by atoms with Crippen LogP contribution in [0, 0.1) is 0 Å². The summed E-state index contributed by atoms with van der Waals surface area (Å²) < 4.78 is 10.1. The summed E-state index contributed by atoms with van der Waals surface area (Å²) >= 11 is 1.52. The first-order valence-electron chi connectivity index (χ1n) is 6.89. The van der Waals surface area contributed by atoms with E-state index in [1.807, 2.05) is 17.5 Å². The van der Waals surface area contributed by atoms with Crippen molar-refractivity contribution < 1.29 is 24.2 Å². The molecular formula is C16H17NO5S. The van der Waals surface area contributed by atoms with Crippen molar-refractivity contribution in [1.82, 2.24) is 5.32 Å². The highest BCUT2D eigenvalue weighted by Gasteiger charge is 2.21. The summed E-state index contributed by atoms with van der Waals surface area (Å²) in [7, 11) is 1.45. The number of nitrogens with one attached hydrogen (secondary N) is 1. The zero-order valence-corrected chi connectivity index (χ0v) is 13.6. The van der Waals surface area contributed by atoms with Crippen LogP contribution in [0.25, 0.3) is 0 Å². The number of carbonyl (C=O) groups excluding carboxylic acids is 2. The van der Waals surface area contributed by atoms with Crippen LogP contribution in [0.4, 0.5) is 0 Å². The Morgan fingerprint density at radius 2 is 2.13 bits per heavy atom. The lowest BCUT2D eigenvalue weighted by molar-refractivity contribution is -0.129. The smallest absolute Gasteiger partial charge is 0.342 e. The molecule has 6 nitrogen and oxygen atoms in total. The molecule has 0 aliphatic heterocycles. The van der Waals surface area contributed by atoms with E-state index >= 15 is 0 Å². The van der Waals surface area contributed by atoms with E-state index in [0.29, 0.717) is 12.3 Å². The van der Waals surface area contributed by atoms with Gasteiger partial charge in [0.15, 0.2) is 6.10 Å². The first kappa shape index (κ1) is 16.8. The van der Waals surface area contributed by atoms with Crippen LogP contribution in [0.15, 0.2) is 35.7 Å². The molecule has 0 aliphatic carbocycles. The Labute approximate surface area is 137 Å². The highest BCUT2D eigenvalue weighted by Crippen LogP contribution is 2.24. The van der Waals surface area contributed by atoms with E-state index in [4.69, 9.17) is 9.47 Å². The van der Waals surface area contributed by atoms with Gasteiger partial charge in [-0.2, -0.15) is 0 Å². The molecule has 2 aromatic rings. The summed E-state index contributed by atoms with van der Waals surface area (Å²) in [6.07, 6.45) is -0.979. The van der Waals surface area contributed by atoms with Crippen LogP contribution in [0.1, 0.15) is 22.2 Å². The Bertz CT molecular complexity index is 684. The number of hydrogen-bond acceptors (Lipinski definition) is 6. The number of thiophene rings is 1. The van der Waals surface area contributed by atoms with Crippen LogP contribution in [0.2, 0.25) is 0 Å². The maximum absolute atomic E-state index is 12.1. The first-order chi connectivity index (χ1) is 11.0. The maximum atomic E-state index is 12.1. The molecule has 0 radical (unpaired) electrons. The van der Waals surface area contributed by atoms with E-state index in [-0.39, 0.29) is 11.3 Å². The van der Waals surface area contributed by atoms with Crippen molar-refractivity contribution in [3.05, 3.63) is 46.2 Å². The number of carbonyl (C=O) groups is 2. The van der Waals surface area contributed by atoms with Crippen LogP contribution in [0.5, 0.6) is 11.5 Å². The molecule has 0 fully saturated rings.